The van der Waals surface area contributed by atoms with Crippen LogP contribution in [0.1, 0.15) is 17.0 Å². The van der Waals surface area contributed by atoms with Crippen LogP contribution < -0.4 is 4.90 Å². The summed E-state index contributed by atoms with van der Waals surface area (Å²) < 4.78 is 5.86. The van der Waals surface area contributed by atoms with E-state index in [1.807, 2.05) is 12.1 Å². The number of hydrogen-bond donors (Lipinski definition) is 0. The molecule has 26 heavy (non-hydrogen) atoms. The van der Waals surface area contributed by atoms with E-state index in [1.165, 1.54) is 16.8 Å². The average molecular weight is 348 g/mol. The van der Waals surface area contributed by atoms with Gasteiger partial charge in [0.1, 0.15) is 0 Å². The van der Waals surface area contributed by atoms with Gasteiger partial charge in [0.15, 0.2) is 0 Å². The lowest BCUT2D eigenvalue weighted by atomic mass is 10.1. The standard InChI is InChI=1S/C21H24N4O/c1-16-6-8-18(9-7-16)21-23-22-20(26-21)15-24-10-12-25(13-11-24)19-5-3-4-17(2)14-19/h3-9,14H,10-13,15H2,1-2H3. The Morgan fingerprint density at radius 3 is 2.38 bits per heavy atom. The van der Waals surface area contributed by atoms with Crippen molar-refractivity contribution < 1.29 is 4.42 Å². The van der Waals surface area contributed by atoms with Gasteiger partial charge in [-0.15, -0.1) is 10.2 Å². The Morgan fingerprint density at radius 2 is 1.65 bits per heavy atom. The molecule has 0 saturated carbocycles. The first kappa shape index (κ1) is 16.8. The summed E-state index contributed by atoms with van der Waals surface area (Å²) in [6, 6.07) is 16.9. The van der Waals surface area contributed by atoms with Crippen LogP contribution in [0.3, 0.4) is 0 Å². The molecule has 0 aliphatic carbocycles. The summed E-state index contributed by atoms with van der Waals surface area (Å²) in [7, 11) is 0. The smallest absolute Gasteiger partial charge is 0.247 e. The highest BCUT2D eigenvalue weighted by molar-refractivity contribution is 5.52. The molecule has 1 aliphatic rings. The fourth-order valence-corrected chi connectivity index (χ4v) is 3.31. The fraction of sp³-hybridized carbons (Fsp3) is 0.333. The second-order valence-corrected chi connectivity index (χ2v) is 6.97. The fourth-order valence-electron chi connectivity index (χ4n) is 3.31. The Hall–Kier alpha value is -2.66. The minimum absolute atomic E-state index is 0.596. The molecule has 1 aromatic heterocycles. The molecule has 0 amide bonds. The molecule has 2 aromatic carbocycles. The van der Waals surface area contributed by atoms with E-state index in [1.54, 1.807) is 0 Å². The highest BCUT2D eigenvalue weighted by Gasteiger charge is 2.19. The molecule has 0 atom stereocenters. The molecule has 0 spiro atoms. The van der Waals surface area contributed by atoms with Crippen molar-refractivity contribution in [2.75, 3.05) is 31.1 Å². The van der Waals surface area contributed by atoms with E-state index in [2.05, 4.69) is 70.2 Å². The molecular weight excluding hydrogens is 324 g/mol. The molecule has 5 nitrogen and oxygen atoms in total. The molecule has 2 heterocycles. The van der Waals surface area contributed by atoms with E-state index < -0.39 is 0 Å². The summed E-state index contributed by atoms with van der Waals surface area (Å²) in [6.45, 7) is 8.94. The summed E-state index contributed by atoms with van der Waals surface area (Å²) >= 11 is 0. The quantitative estimate of drug-likeness (QED) is 0.720. The summed E-state index contributed by atoms with van der Waals surface area (Å²) in [5.41, 5.74) is 4.81. The molecule has 3 aromatic rings. The van der Waals surface area contributed by atoms with E-state index in [9.17, 15) is 0 Å². The van der Waals surface area contributed by atoms with Crippen LogP contribution in [0.2, 0.25) is 0 Å². The largest absolute Gasteiger partial charge is 0.419 e. The van der Waals surface area contributed by atoms with Gasteiger partial charge in [-0.1, -0.05) is 29.8 Å². The highest BCUT2D eigenvalue weighted by Crippen LogP contribution is 2.21. The van der Waals surface area contributed by atoms with Crippen molar-refractivity contribution in [3.05, 3.63) is 65.5 Å². The summed E-state index contributed by atoms with van der Waals surface area (Å²) in [5.74, 6) is 1.28. The zero-order valence-corrected chi connectivity index (χ0v) is 15.4. The Labute approximate surface area is 154 Å². The van der Waals surface area contributed by atoms with Crippen LogP contribution in [-0.2, 0) is 6.54 Å². The minimum atomic E-state index is 0.596. The maximum Gasteiger partial charge on any atom is 0.247 e. The van der Waals surface area contributed by atoms with Gasteiger partial charge in [-0.2, -0.15) is 0 Å². The third-order valence-electron chi connectivity index (χ3n) is 4.86. The number of aromatic nitrogens is 2. The van der Waals surface area contributed by atoms with Gasteiger partial charge in [0.25, 0.3) is 0 Å². The lowest BCUT2D eigenvalue weighted by molar-refractivity contribution is 0.227. The lowest BCUT2D eigenvalue weighted by Crippen LogP contribution is -2.46. The summed E-state index contributed by atoms with van der Waals surface area (Å²) in [6.07, 6.45) is 0. The summed E-state index contributed by atoms with van der Waals surface area (Å²) in [4.78, 5) is 4.81. The molecule has 1 fully saturated rings. The molecule has 1 saturated heterocycles. The zero-order chi connectivity index (χ0) is 17.9. The monoisotopic (exact) mass is 348 g/mol. The van der Waals surface area contributed by atoms with Gasteiger partial charge in [-0.05, 0) is 43.7 Å². The highest BCUT2D eigenvalue weighted by atomic mass is 16.4. The normalized spacial score (nSPS) is 15.4. The number of rotatable bonds is 4. The Kier molecular flexibility index (Phi) is 4.71. The van der Waals surface area contributed by atoms with E-state index in [-0.39, 0.29) is 0 Å². The number of piperazine rings is 1. The molecule has 4 rings (SSSR count). The van der Waals surface area contributed by atoms with Crippen LogP contribution in [0.4, 0.5) is 5.69 Å². The van der Waals surface area contributed by atoms with Crippen molar-refractivity contribution in [3.63, 3.8) is 0 Å². The minimum Gasteiger partial charge on any atom is -0.419 e. The van der Waals surface area contributed by atoms with Crippen molar-refractivity contribution in [3.8, 4) is 11.5 Å². The van der Waals surface area contributed by atoms with E-state index in [4.69, 9.17) is 4.42 Å². The van der Waals surface area contributed by atoms with Crippen LogP contribution in [0.25, 0.3) is 11.5 Å². The van der Waals surface area contributed by atoms with Crippen molar-refractivity contribution in [1.82, 2.24) is 15.1 Å². The van der Waals surface area contributed by atoms with Crippen LogP contribution in [0.15, 0.2) is 52.9 Å². The third kappa shape index (κ3) is 3.78. The van der Waals surface area contributed by atoms with Crippen LogP contribution >= 0.6 is 0 Å². The average Bonchev–Trinajstić information content (AvgIpc) is 3.11. The van der Waals surface area contributed by atoms with Crippen molar-refractivity contribution >= 4 is 5.69 Å². The molecule has 0 unspecified atom stereocenters. The van der Waals surface area contributed by atoms with Crippen molar-refractivity contribution in [2.45, 2.75) is 20.4 Å². The maximum absolute atomic E-state index is 5.86. The molecule has 134 valence electrons. The number of anilines is 1. The lowest BCUT2D eigenvalue weighted by Gasteiger charge is -2.35. The van der Waals surface area contributed by atoms with Crippen LogP contribution in [-0.4, -0.2) is 41.3 Å². The molecule has 0 radical (unpaired) electrons. The Balaban J connectivity index is 1.35. The van der Waals surface area contributed by atoms with Gasteiger partial charge in [-0.3, -0.25) is 4.90 Å². The number of benzene rings is 2. The van der Waals surface area contributed by atoms with E-state index in [0.717, 1.165) is 31.7 Å². The van der Waals surface area contributed by atoms with Crippen LogP contribution in [0, 0.1) is 13.8 Å². The van der Waals surface area contributed by atoms with Gasteiger partial charge in [0, 0.05) is 37.4 Å². The SMILES string of the molecule is Cc1ccc(-c2nnc(CN3CCN(c4cccc(C)c4)CC3)o2)cc1. The number of hydrogen-bond acceptors (Lipinski definition) is 5. The molecule has 1 aliphatic heterocycles. The van der Waals surface area contributed by atoms with Gasteiger partial charge >= 0.3 is 0 Å². The first-order chi connectivity index (χ1) is 12.7. The van der Waals surface area contributed by atoms with Crippen molar-refractivity contribution in [1.29, 1.82) is 0 Å². The molecular formula is C21H24N4O. The summed E-state index contributed by atoms with van der Waals surface area (Å²) in [5, 5.41) is 8.43. The maximum atomic E-state index is 5.86. The predicted octanol–water partition coefficient (Wildman–Crippen LogP) is 3.68. The van der Waals surface area contributed by atoms with Crippen molar-refractivity contribution in [2.24, 2.45) is 0 Å². The number of nitrogens with zero attached hydrogens (tertiary/aromatic N) is 4. The second-order valence-electron chi connectivity index (χ2n) is 6.97. The first-order valence-corrected chi connectivity index (χ1v) is 9.11. The van der Waals surface area contributed by atoms with Gasteiger partial charge in [-0.25, -0.2) is 0 Å². The Bertz CT molecular complexity index is 864. The molecule has 0 bridgehead atoms. The second kappa shape index (κ2) is 7.30. The first-order valence-electron chi connectivity index (χ1n) is 9.11. The van der Waals surface area contributed by atoms with Gasteiger partial charge in [0.2, 0.25) is 11.8 Å². The Morgan fingerprint density at radius 1 is 0.885 bits per heavy atom. The zero-order valence-electron chi connectivity index (χ0n) is 15.4. The van der Waals surface area contributed by atoms with E-state index in [0.29, 0.717) is 18.3 Å². The third-order valence-corrected chi connectivity index (χ3v) is 4.86. The van der Waals surface area contributed by atoms with Gasteiger partial charge < -0.3 is 9.32 Å². The van der Waals surface area contributed by atoms with Crippen LogP contribution in [0.5, 0.6) is 0 Å². The topological polar surface area (TPSA) is 45.4 Å². The van der Waals surface area contributed by atoms with E-state index >= 15 is 0 Å². The number of aryl methyl sites for hydroxylation is 2. The van der Waals surface area contributed by atoms with Gasteiger partial charge in [0.05, 0.1) is 6.54 Å². The molecule has 0 N–H and O–H groups in total. The molecule has 5 heteroatoms. The predicted molar refractivity (Wildman–Crippen MR) is 103 cm³/mol.